The van der Waals surface area contributed by atoms with E-state index in [2.05, 4.69) is 50.4 Å². The molecular weight excluding hydrogens is 328 g/mol. The quantitative estimate of drug-likeness (QED) is 0.628. The minimum Gasteiger partial charge on any atom is -0.413 e. The lowest BCUT2D eigenvalue weighted by atomic mass is 10.1. The second kappa shape index (κ2) is 7.73. The van der Waals surface area contributed by atoms with Crippen molar-refractivity contribution in [2.45, 2.75) is 64.0 Å². The van der Waals surface area contributed by atoms with E-state index in [1.54, 1.807) is 0 Å². The van der Waals surface area contributed by atoms with Crippen LogP contribution in [-0.2, 0) is 15.8 Å². The molecule has 25 heavy (non-hydrogen) atoms. The SMILES string of the molecule is C#Cc1ccc(CNC(=O)C2CC(O[Si](C)(C)C(C)(C)C)CN2)cc1. The van der Waals surface area contributed by atoms with Crippen molar-refractivity contribution in [3.63, 3.8) is 0 Å². The summed E-state index contributed by atoms with van der Waals surface area (Å²) in [5.74, 6) is 2.62. The molecular formula is C20H30N2O2Si. The molecule has 1 aromatic carbocycles. The van der Waals surface area contributed by atoms with E-state index in [1.165, 1.54) is 0 Å². The Morgan fingerprint density at radius 3 is 2.56 bits per heavy atom. The van der Waals surface area contributed by atoms with Gasteiger partial charge in [-0.15, -0.1) is 6.42 Å². The lowest BCUT2D eigenvalue weighted by Crippen LogP contribution is -2.44. The monoisotopic (exact) mass is 358 g/mol. The van der Waals surface area contributed by atoms with Crippen LogP contribution < -0.4 is 10.6 Å². The molecule has 2 atom stereocenters. The van der Waals surface area contributed by atoms with Crippen molar-refractivity contribution in [1.82, 2.24) is 10.6 Å². The zero-order valence-electron chi connectivity index (χ0n) is 16.0. The van der Waals surface area contributed by atoms with Crippen molar-refractivity contribution in [3.8, 4) is 12.3 Å². The van der Waals surface area contributed by atoms with Gasteiger partial charge in [0, 0.05) is 18.7 Å². The molecule has 5 heteroatoms. The zero-order valence-corrected chi connectivity index (χ0v) is 17.0. The van der Waals surface area contributed by atoms with E-state index in [1.807, 2.05) is 24.3 Å². The molecule has 1 heterocycles. The summed E-state index contributed by atoms with van der Waals surface area (Å²) in [6.07, 6.45) is 6.20. The molecule has 1 aliphatic rings. The Morgan fingerprint density at radius 1 is 1.36 bits per heavy atom. The molecule has 1 saturated heterocycles. The Balaban J connectivity index is 1.83. The number of amides is 1. The van der Waals surface area contributed by atoms with E-state index in [0.29, 0.717) is 6.54 Å². The van der Waals surface area contributed by atoms with Crippen LogP contribution in [0.3, 0.4) is 0 Å². The Kier molecular flexibility index (Phi) is 6.10. The molecule has 0 aliphatic carbocycles. The van der Waals surface area contributed by atoms with Gasteiger partial charge in [0.2, 0.25) is 5.91 Å². The minimum atomic E-state index is -1.80. The van der Waals surface area contributed by atoms with E-state index in [0.717, 1.165) is 24.1 Å². The van der Waals surface area contributed by atoms with E-state index in [9.17, 15) is 4.79 Å². The first kappa shape index (κ1) is 19.7. The number of terminal acetylenes is 1. The first-order chi connectivity index (χ1) is 11.6. The maximum atomic E-state index is 12.4. The number of carbonyl (C=O) groups is 1. The Bertz CT molecular complexity index is 641. The Morgan fingerprint density at radius 2 is 2.00 bits per heavy atom. The molecule has 0 spiro atoms. The van der Waals surface area contributed by atoms with Crippen molar-refractivity contribution in [3.05, 3.63) is 35.4 Å². The lowest BCUT2D eigenvalue weighted by Gasteiger charge is -2.38. The lowest BCUT2D eigenvalue weighted by molar-refractivity contribution is -0.123. The Labute approximate surface area is 152 Å². The van der Waals surface area contributed by atoms with Crippen LogP contribution in [0.25, 0.3) is 0 Å². The van der Waals surface area contributed by atoms with Crippen LogP contribution in [-0.4, -0.2) is 32.9 Å². The fraction of sp³-hybridized carbons (Fsp3) is 0.550. The van der Waals surface area contributed by atoms with Gasteiger partial charge in [0.05, 0.1) is 12.1 Å². The van der Waals surface area contributed by atoms with Gasteiger partial charge in [-0.3, -0.25) is 4.79 Å². The standard InChI is InChI=1S/C20H30N2O2Si/c1-7-15-8-10-16(11-9-15)13-22-19(23)18-12-17(14-21-18)24-25(5,6)20(2,3)4/h1,8-11,17-18,21H,12-14H2,2-6H3,(H,22,23). The highest BCUT2D eigenvalue weighted by Crippen LogP contribution is 2.38. The van der Waals surface area contributed by atoms with Crippen molar-refractivity contribution >= 4 is 14.2 Å². The number of carbonyl (C=O) groups excluding carboxylic acids is 1. The molecule has 2 N–H and O–H groups in total. The van der Waals surface area contributed by atoms with Gasteiger partial charge in [0.25, 0.3) is 0 Å². The third kappa shape index (κ3) is 5.18. The van der Waals surface area contributed by atoms with Gasteiger partial charge >= 0.3 is 0 Å². The average molecular weight is 359 g/mol. The molecule has 2 rings (SSSR count). The largest absolute Gasteiger partial charge is 0.413 e. The van der Waals surface area contributed by atoms with Crippen molar-refractivity contribution in [1.29, 1.82) is 0 Å². The molecule has 1 amide bonds. The summed E-state index contributed by atoms with van der Waals surface area (Å²) in [5.41, 5.74) is 1.89. The predicted molar refractivity (Wildman–Crippen MR) is 105 cm³/mol. The molecule has 136 valence electrons. The van der Waals surface area contributed by atoms with Crippen LogP contribution in [0.2, 0.25) is 18.1 Å². The summed E-state index contributed by atoms with van der Waals surface area (Å²) in [5, 5.41) is 6.47. The molecule has 1 aliphatic heterocycles. The van der Waals surface area contributed by atoms with Crippen molar-refractivity contribution in [2.75, 3.05) is 6.54 Å². The average Bonchev–Trinajstić information content (AvgIpc) is 3.00. The molecule has 4 nitrogen and oxygen atoms in total. The third-order valence-corrected chi connectivity index (χ3v) is 9.80. The summed E-state index contributed by atoms with van der Waals surface area (Å²) in [4.78, 5) is 12.4. The zero-order chi connectivity index (χ0) is 18.7. The number of hydrogen-bond donors (Lipinski definition) is 2. The van der Waals surface area contributed by atoms with Crippen LogP contribution in [0, 0.1) is 12.3 Å². The second-order valence-electron chi connectivity index (χ2n) is 8.26. The smallest absolute Gasteiger partial charge is 0.237 e. The van der Waals surface area contributed by atoms with Crippen LogP contribution >= 0.6 is 0 Å². The Hall–Kier alpha value is -1.61. The number of hydrogen-bond acceptors (Lipinski definition) is 3. The minimum absolute atomic E-state index is 0.0300. The summed E-state index contributed by atoms with van der Waals surface area (Å²) in [6, 6.07) is 7.48. The first-order valence-corrected chi connectivity index (χ1v) is 11.8. The summed E-state index contributed by atoms with van der Waals surface area (Å²) in [7, 11) is -1.80. The van der Waals surface area contributed by atoms with Crippen LogP contribution in [0.5, 0.6) is 0 Å². The number of nitrogens with one attached hydrogen (secondary N) is 2. The highest BCUT2D eigenvalue weighted by atomic mass is 28.4. The highest BCUT2D eigenvalue weighted by molar-refractivity contribution is 6.74. The van der Waals surface area contributed by atoms with Gasteiger partial charge in [0.1, 0.15) is 0 Å². The van der Waals surface area contributed by atoms with Crippen LogP contribution in [0.1, 0.15) is 38.3 Å². The summed E-state index contributed by atoms with van der Waals surface area (Å²) in [6.45, 7) is 12.4. The molecule has 1 fully saturated rings. The third-order valence-electron chi connectivity index (χ3n) is 5.26. The first-order valence-electron chi connectivity index (χ1n) is 8.87. The maximum absolute atomic E-state index is 12.4. The normalized spacial score (nSPS) is 21.0. The van der Waals surface area contributed by atoms with E-state index < -0.39 is 8.32 Å². The fourth-order valence-electron chi connectivity index (χ4n) is 2.62. The van der Waals surface area contributed by atoms with Gasteiger partial charge in [-0.25, -0.2) is 0 Å². The van der Waals surface area contributed by atoms with Gasteiger partial charge in [-0.2, -0.15) is 0 Å². The summed E-state index contributed by atoms with van der Waals surface area (Å²) < 4.78 is 6.41. The molecule has 0 bridgehead atoms. The maximum Gasteiger partial charge on any atom is 0.237 e. The van der Waals surface area contributed by atoms with Gasteiger partial charge < -0.3 is 15.1 Å². The van der Waals surface area contributed by atoms with Crippen molar-refractivity contribution < 1.29 is 9.22 Å². The highest BCUT2D eigenvalue weighted by Gasteiger charge is 2.41. The van der Waals surface area contributed by atoms with Crippen LogP contribution in [0.15, 0.2) is 24.3 Å². The topological polar surface area (TPSA) is 50.4 Å². The molecule has 0 radical (unpaired) electrons. The molecule has 0 saturated carbocycles. The van der Waals surface area contributed by atoms with Gasteiger partial charge in [-0.05, 0) is 42.2 Å². The van der Waals surface area contributed by atoms with E-state index in [-0.39, 0.29) is 23.1 Å². The van der Waals surface area contributed by atoms with Crippen LogP contribution in [0.4, 0.5) is 0 Å². The molecule has 1 aromatic rings. The van der Waals surface area contributed by atoms with Crippen molar-refractivity contribution in [2.24, 2.45) is 0 Å². The predicted octanol–water partition coefficient (Wildman–Crippen LogP) is 3.04. The van der Waals surface area contributed by atoms with Gasteiger partial charge in [-0.1, -0.05) is 38.8 Å². The molecule has 2 unspecified atom stereocenters. The number of benzene rings is 1. The summed E-state index contributed by atoms with van der Waals surface area (Å²) >= 11 is 0. The van der Waals surface area contributed by atoms with E-state index >= 15 is 0 Å². The number of rotatable bonds is 5. The molecule has 0 aromatic heterocycles. The van der Waals surface area contributed by atoms with Gasteiger partial charge in [0.15, 0.2) is 8.32 Å². The fourth-order valence-corrected chi connectivity index (χ4v) is 3.98. The second-order valence-corrected chi connectivity index (χ2v) is 13.0. The van der Waals surface area contributed by atoms with E-state index in [4.69, 9.17) is 10.8 Å².